The number of hydrogen-bond donors (Lipinski definition) is 1. The summed E-state index contributed by atoms with van der Waals surface area (Å²) in [5, 5.41) is 3.51. The topological polar surface area (TPSA) is 47.6 Å². The number of halogens is 1. The number of benzene rings is 2. The molecule has 0 aromatic heterocycles. The van der Waals surface area contributed by atoms with E-state index in [-0.39, 0.29) is 11.3 Å². The second-order valence-corrected chi connectivity index (χ2v) is 7.30. The molecule has 0 aliphatic rings. The second kappa shape index (κ2) is 7.79. The molecule has 2 aromatic carbocycles. The minimum atomic E-state index is -0.663. The largest absolute Gasteiger partial charge is 0.495 e. The van der Waals surface area contributed by atoms with Crippen molar-refractivity contribution in [1.29, 1.82) is 0 Å². The maximum atomic E-state index is 12.5. The molecule has 0 aliphatic carbocycles. The van der Waals surface area contributed by atoms with Crippen molar-refractivity contribution in [2.45, 2.75) is 39.2 Å². The zero-order valence-electron chi connectivity index (χ0n) is 15.2. The highest BCUT2D eigenvalue weighted by Crippen LogP contribution is 2.31. The Morgan fingerprint density at radius 3 is 2.32 bits per heavy atom. The molecule has 0 fully saturated rings. The predicted octanol–water partition coefficient (Wildman–Crippen LogP) is 5.05. The Morgan fingerprint density at radius 1 is 1.12 bits per heavy atom. The van der Waals surface area contributed by atoms with Crippen molar-refractivity contribution >= 4 is 23.2 Å². The fourth-order valence-electron chi connectivity index (χ4n) is 2.28. The maximum absolute atomic E-state index is 12.5. The summed E-state index contributed by atoms with van der Waals surface area (Å²) >= 11 is 5.85. The van der Waals surface area contributed by atoms with Crippen molar-refractivity contribution in [2.24, 2.45) is 0 Å². The van der Waals surface area contributed by atoms with Crippen molar-refractivity contribution in [1.82, 2.24) is 0 Å². The molecule has 0 radical (unpaired) electrons. The van der Waals surface area contributed by atoms with E-state index in [4.69, 9.17) is 21.1 Å². The van der Waals surface area contributed by atoms with Gasteiger partial charge in [0.25, 0.3) is 5.91 Å². The summed E-state index contributed by atoms with van der Waals surface area (Å²) in [5.74, 6) is 0.946. The first-order valence-corrected chi connectivity index (χ1v) is 8.50. The van der Waals surface area contributed by atoms with Gasteiger partial charge < -0.3 is 14.8 Å². The first-order chi connectivity index (χ1) is 11.7. The highest BCUT2D eigenvalue weighted by Gasteiger charge is 2.20. The van der Waals surface area contributed by atoms with E-state index in [0.717, 1.165) is 5.56 Å². The van der Waals surface area contributed by atoms with E-state index >= 15 is 0 Å². The molecule has 25 heavy (non-hydrogen) atoms. The highest BCUT2D eigenvalue weighted by atomic mass is 35.5. The third kappa shape index (κ3) is 5.13. The van der Waals surface area contributed by atoms with Gasteiger partial charge in [-0.2, -0.15) is 0 Å². The zero-order valence-corrected chi connectivity index (χ0v) is 16.0. The smallest absolute Gasteiger partial charge is 0.265 e. The van der Waals surface area contributed by atoms with Crippen LogP contribution in [0.25, 0.3) is 0 Å². The van der Waals surface area contributed by atoms with Gasteiger partial charge in [-0.25, -0.2) is 0 Å². The van der Waals surface area contributed by atoms with Crippen LogP contribution >= 0.6 is 11.6 Å². The van der Waals surface area contributed by atoms with Crippen LogP contribution in [-0.4, -0.2) is 19.1 Å². The van der Waals surface area contributed by atoms with E-state index in [1.165, 1.54) is 0 Å². The molecule has 1 amide bonds. The van der Waals surface area contributed by atoms with Crippen LogP contribution in [0.5, 0.6) is 11.5 Å². The number of carbonyl (C=O) groups is 1. The summed E-state index contributed by atoms with van der Waals surface area (Å²) in [6.45, 7) is 8.05. The van der Waals surface area contributed by atoms with Crippen LogP contribution in [0.3, 0.4) is 0 Å². The molecular weight excluding hydrogens is 338 g/mol. The number of carbonyl (C=O) groups excluding carboxylic acids is 1. The summed E-state index contributed by atoms with van der Waals surface area (Å²) in [7, 11) is 1.58. The Hall–Kier alpha value is -2.20. The number of methoxy groups -OCH3 is 1. The number of amides is 1. The van der Waals surface area contributed by atoms with E-state index in [2.05, 4.69) is 26.1 Å². The summed E-state index contributed by atoms with van der Waals surface area (Å²) in [4.78, 5) is 12.5. The van der Waals surface area contributed by atoms with E-state index in [0.29, 0.717) is 22.2 Å². The highest BCUT2D eigenvalue weighted by molar-refractivity contribution is 6.30. The molecule has 4 nitrogen and oxygen atoms in total. The molecule has 1 atom stereocenters. The Morgan fingerprint density at radius 2 is 1.76 bits per heavy atom. The lowest BCUT2D eigenvalue weighted by atomic mass is 9.87. The van der Waals surface area contributed by atoms with Gasteiger partial charge in [-0.1, -0.05) is 38.4 Å². The number of ether oxygens (including phenoxy) is 2. The molecule has 5 heteroatoms. The lowest BCUT2D eigenvalue weighted by Crippen LogP contribution is -2.30. The average molecular weight is 362 g/mol. The lowest BCUT2D eigenvalue weighted by Gasteiger charge is -2.22. The first kappa shape index (κ1) is 19.1. The molecule has 0 aliphatic heterocycles. The molecule has 0 spiro atoms. The Labute approximate surface area is 154 Å². The minimum Gasteiger partial charge on any atom is -0.495 e. The third-order valence-electron chi connectivity index (χ3n) is 3.82. The lowest BCUT2D eigenvalue weighted by molar-refractivity contribution is -0.122. The van der Waals surface area contributed by atoms with Gasteiger partial charge in [-0.05, 0) is 54.3 Å². The molecular formula is C20H24ClNO3. The Bertz CT molecular complexity index is 736. The maximum Gasteiger partial charge on any atom is 0.265 e. The van der Waals surface area contributed by atoms with Gasteiger partial charge in [-0.3, -0.25) is 4.79 Å². The molecule has 0 saturated heterocycles. The van der Waals surface area contributed by atoms with Gasteiger partial charge in [0, 0.05) is 5.02 Å². The van der Waals surface area contributed by atoms with E-state index in [9.17, 15) is 4.79 Å². The van der Waals surface area contributed by atoms with Crippen LogP contribution < -0.4 is 14.8 Å². The number of anilines is 1. The van der Waals surface area contributed by atoms with Crippen LogP contribution in [0.2, 0.25) is 5.02 Å². The van der Waals surface area contributed by atoms with Crippen molar-refractivity contribution in [3.8, 4) is 11.5 Å². The van der Waals surface area contributed by atoms with Gasteiger partial charge in [0.15, 0.2) is 6.10 Å². The summed E-state index contributed by atoms with van der Waals surface area (Å²) in [5.41, 5.74) is 1.71. The average Bonchev–Trinajstić information content (AvgIpc) is 2.56. The van der Waals surface area contributed by atoms with E-state index < -0.39 is 6.10 Å². The van der Waals surface area contributed by atoms with E-state index in [1.54, 1.807) is 38.3 Å². The molecule has 0 unspecified atom stereocenters. The molecule has 1 N–H and O–H groups in total. The van der Waals surface area contributed by atoms with Gasteiger partial charge in [0.2, 0.25) is 0 Å². The second-order valence-electron chi connectivity index (χ2n) is 6.87. The summed E-state index contributed by atoms with van der Waals surface area (Å²) in [6.07, 6.45) is -0.663. The van der Waals surface area contributed by atoms with Crippen LogP contribution in [0.15, 0.2) is 42.5 Å². The minimum absolute atomic E-state index is 0.0306. The predicted molar refractivity (Wildman–Crippen MR) is 102 cm³/mol. The first-order valence-electron chi connectivity index (χ1n) is 8.12. The van der Waals surface area contributed by atoms with Gasteiger partial charge in [0.1, 0.15) is 11.5 Å². The van der Waals surface area contributed by atoms with Crippen LogP contribution in [0.4, 0.5) is 5.69 Å². The van der Waals surface area contributed by atoms with Gasteiger partial charge in [-0.15, -0.1) is 0 Å². The van der Waals surface area contributed by atoms with Crippen LogP contribution in [-0.2, 0) is 10.2 Å². The molecule has 0 saturated carbocycles. The number of hydrogen-bond acceptors (Lipinski definition) is 3. The standard InChI is InChI=1S/C20H24ClNO3/c1-13(25-16-9-7-15(21)8-10-16)19(23)22-17-12-14(20(2,3)4)6-11-18(17)24-5/h6-13H,1-5H3,(H,22,23)/t13-/m0/s1. The SMILES string of the molecule is COc1ccc(C(C)(C)C)cc1NC(=O)[C@H](C)Oc1ccc(Cl)cc1. The van der Waals surface area contributed by atoms with E-state index in [1.807, 2.05) is 18.2 Å². The molecule has 134 valence electrons. The van der Waals surface area contributed by atoms with Crippen molar-refractivity contribution < 1.29 is 14.3 Å². The van der Waals surface area contributed by atoms with Crippen LogP contribution in [0.1, 0.15) is 33.3 Å². The Balaban J connectivity index is 2.14. The van der Waals surface area contributed by atoms with Crippen molar-refractivity contribution in [2.75, 3.05) is 12.4 Å². The molecule has 0 heterocycles. The fourth-order valence-corrected chi connectivity index (χ4v) is 2.40. The quantitative estimate of drug-likeness (QED) is 0.810. The molecule has 2 aromatic rings. The normalized spacial score (nSPS) is 12.4. The van der Waals surface area contributed by atoms with Crippen molar-refractivity contribution in [3.63, 3.8) is 0 Å². The van der Waals surface area contributed by atoms with Crippen molar-refractivity contribution in [3.05, 3.63) is 53.1 Å². The monoisotopic (exact) mass is 361 g/mol. The summed E-state index contributed by atoms with van der Waals surface area (Å²) < 4.78 is 11.0. The third-order valence-corrected chi connectivity index (χ3v) is 4.07. The zero-order chi connectivity index (χ0) is 18.6. The number of nitrogens with one attached hydrogen (secondary N) is 1. The summed E-state index contributed by atoms with van der Waals surface area (Å²) in [6, 6.07) is 12.7. The van der Waals surface area contributed by atoms with Gasteiger partial charge >= 0.3 is 0 Å². The fraction of sp³-hybridized carbons (Fsp3) is 0.350. The Kier molecular flexibility index (Phi) is 5.96. The molecule has 0 bridgehead atoms. The van der Waals surface area contributed by atoms with Crippen LogP contribution in [0, 0.1) is 0 Å². The number of rotatable bonds is 5. The molecule has 2 rings (SSSR count). The van der Waals surface area contributed by atoms with Gasteiger partial charge in [0.05, 0.1) is 12.8 Å².